The number of halogens is 6. The minimum atomic E-state index is -4.60. The van der Waals surface area contributed by atoms with Gasteiger partial charge in [0.2, 0.25) is 0 Å². The zero-order valence-corrected chi connectivity index (χ0v) is 9.36. The molecule has 18 heavy (non-hydrogen) atoms. The van der Waals surface area contributed by atoms with Gasteiger partial charge in [-0.05, 0) is 19.1 Å². The van der Waals surface area contributed by atoms with E-state index in [9.17, 15) is 26.3 Å². The highest BCUT2D eigenvalue weighted by molar-refractivity contribution is 5.53. The third kappa shape index (κ3) is 4.46. The monoisotopic (exact) mass is 271 g/mol. The van der Waals surface area contributed by atoms with Gasteiger partial charge in [-0.1, -0.05) is 12.1 Å². The number of alkyl halides is 6. The first-order valence-corrected chi connectivity index (χ1v) is 5.09. The summed E-state index contributed by atoms with van der Waals surface area (Å²) < 4.78 is 74.0. The molecule has 1 atom stereocenters. The van der Waals surface area contributed by atoms with Gasteiger partial charge < -0.3 is 5.32 Å². The van der Waals surface area contributed by atoms with Gasteiger partial charge in [-0.2, -0.15) is 26.3 Å². The highest BCUT2D eigenvalue weighted by Crippen LogP contribution is 2.35. The van der Waals surface area contributed by atoms with Gasteiger partial charge in [0.05, 0.1) is 12.0 Å². The number of nitrogens with one attached hydrogen (secondary N) is 1. The van der Waals surface area contributed by atoms with Crippen molar-refractivity contribution in [2.24, 2.45) is 0 Å². The lowest BCUT2D eigenvalue weighted by Gasteiger charge is -2.20. The van der Waals surface area contributed by atoms with Crippen LogP contribution >= 0.6 is 0 Å². The van der Waals surface area contributed by atoms with E-state index in [1.807, 2.05) is 0 Å². The van der Waals surface area contributed by atoms with E-state index in [1.165, 1.54) is 19.1 Å². The van der Waals surface area contributed by atoms with Crippen LogP contribution in [0.5, 0.6) is 0 Å². The van der Waals surface area contributed by atoms with Gasteiger partial charge in [-0.25, -0.2) is 0 Å². The summed E-state index contributed by atoms with van der Waals surface area (Å²) in [6.07, 6.45) is -10.2. The van der Waals surface area contributed by atoms with Gasteiger partial charge in [-0.15, -0.1) is 0 Å². The molecule has 102 valence electrons. The summed E-state index contributed by atoms with van der Waals surface area (Å²) in [6, 6.07) is 3.31. The van der Waals surface area contributed by atoms with E-state index in [-0.39, 0.29) is 5.69 Å². The summed E-state index contributed by atoms with van der Waals surface area (Å²) >= 11 is 0. The average molecular weight is 271 g/mol. The van der Waals surface area contributed by atoms with E-state index in [0.29, 0.717) is 0 Å². The Labute approximate surface area is 99.8 Å². The molecule has 1 aromatic carbocycles. The molecule has 1 nitrogen and oxygen atoms in total. The van der Waals surface area contributed by atoms with Crippen LogP contribution in [0, 0.1) is 0 Å². The van der Waals surface area contributed by atoms with Crippen LogP contribution in [0.25, 0.3) is 0 Å². The van der Waals surface area contributed by atoms with Crippen molar-refractivity contribution in [3.8, 4) is 0 Å². The number of para-hydroxylation sites is 1. The number of anilines is 1. The van der Waals surface area contributed by atoms with Crippen LogP contribution in [0.2, 0.25) is 0 Å². The molecule has 0 heterocycles. The van der Waals surface area contributed by atoms with Gasteiger partial charge in [-0.3, -0.25) is 0 Å². The van der Waals surface area contributed by atoms with E-state index in [4.69, 9.17) is 0 Å². The van der Waals surface area contributed by atoms with Crippen LogP contribution < -0.4 is 5.32 Å². The Kier molecular flexibility index (Phi) is 4.13. The Morgan fingerprint density at radius 1 is 1.06 bits per heavy atom. The average Bonchev–Trinajstić information content (AvgIpc) is 2.13. The highest BCUT2D eigenvalue weighted by atomic mass is 19.4. The fourth-order valence-electron chi connectivity index (χ4n) is 1.52. The molecule has 1 unspecified atom stereocenters. The third-order valence-corrected chi connectivity index (χ3v) is 2.17. The maximum atomic E-state index is 12.6. The lowest BCUT2D eigenvalue weighted by atomic mass is 10.1. The Hall–Kier alpha value is -1.40. The van der Waals surface area contributed by atoms with Crippen molar-refractivity contribution < 1.29 is 26.3 Å². The summed E-state index contributed by atoms with van der Waals surface area (Å²) in [5.41, 5.74) is -1.32. The maximum absolute atomic E-state index is 12.6. The third-order valence-electron chi connectivity index (χ3n) is 2.17. The topological polar surface area (TPSA) is 12.0 Å². The second-order valence-electron chi connectivity index (χ2n) is 3.91. The Morgan fingerprint density at radius 2 is 1.61 bits per heavy atom. The van der Waals surface area contributed by atoms with Crippen LogP contribution in [0.15, 0.2) is 24.3 Å². The summed E-state index contributed by atoms with van der Waals surface area (Å²) in [7, 11) is 0. The second-order valence-corrected chi connectivity index (χ2v) is 3.91. The van der Waals surface area contributed by atoms with Crippen molar-refractivity contribution in [2.45, 2.75) is 31.7 Å². The molecule has 0 spiro atoms. The molecular weight excluding hydrogens is 260 g/mol. The molecule has 0 bridgehead atoms. The summed E-state index contributed by atoms with van der Waals surface area (Å²) in [4.78, 5) is 0. The zero-order valence-electron chi connectivity index (χ0n) is 9.36. The molecule has 0 aliphatic carbocycles. The van der Waals surface area contributed by atoms with Gasteiger partial charge in [0.1, 0.15) is 0 Å². The molecule has 0 saturated heterocycles. The van der Waals surface area contributed by atoms with Crippen LogP contribution in [-0.2, 0) is 6.18 Å². The lowest BCUT2D eigenvalue weighted by Crippen LogP contribution is -2.25. The molecular formula is C11H11F6N. The largest absolute Gasteiger partial charge is 0.418 e. The molecule has 0 aromatic heterocycles. The van der Waals surface area contributed by atoms with Gasteiger partial charge in [0.15, 0.2) is 0 Å². The molecule has 0 saturated carbocycles. The zero-order chi connectivity index (χ0) is 14.0. The van der Waals surface area contributed by atoms with Crippen LogP contribution in [0.4, 0.5) is 32.0 Å². The first-order chi connectivity index (χ1) is 8.09. The molecule has 0 aliphatic heterocycles. The molecule has 0 radical (unpaired) electrons. The predicted molar refractivity (Wildman–Crippen MR) is 55.2 cm³/mol. The molecule has 0 amide bonds. The van der Waals surface area contributed by atoms with Crippen molar-refractivity contribution in [1.29, 1.82) is 0 Å². The first-order valence-electron chi connectivity index (χ1n) is 5.09. The minimum absolute atomic E-state index is 0.346. The van der Waals surface area contributed by atoms with E-state index in [1.54, 1.807) is 0 Å². The summed E-state index contributed by atoms with van der Waals surface area (Å²) in [5.74, 6) is 0. The van der Waals surface area contributed by atoms with Crippen molar-refractivity contribution in [3.05, 3.63) is 29.8 Å². The van der Waals surface area contributed by atoms with Crippen LogP contribution in [0.3, 0.4) is 0 Å². The Balaban J connectivity index is 2.85. The van der Waals surface area contributed by atoms with Crippen molar-refractivity contribution in [1.82, 2.24) is 0 Å². The summed E-state index contributed by atoms with van der Waals surface area (Å²) in [5, 5.41) is 2.23. The fourth-order valence-corrected chi connectivity index (χ4v) is 1.52. The molecule has 7 heteroatoms. The molecule has 1 aromatic rings. The molecule has 1 rings (SSSR count). The number of hydrogen-bond acceptors (Lipinski definition) is 1. The highest BCUT2D eigenvalue weighted by Gasteiger charge is 2.35. The summed E-state index contributed by atoms with van der Waals surface area (Å²) in [6.45, 7) is 1.18. The Bertz CT molecular complexity index is 395. The molecule has 0 fully saturated rings. The number of hydrogen-bond donors (Lipinski definition) is 1. The molecule has 1 N–H and O–H groups in total. The fraction of sp³-hybridized carbons (Fsp3) is 0.455. The Morgan fingerprint density at radius 3 is 2.11 bits per heavy atom. The van der Waals surface area contributed by atoms with Crippen molar-refractivity contribution >= 4 is 5.69 Å². The standard InChI is InChI=1S/C11H11F6N/c1-7(6-10(12,13)14)18-9-5-3-2-4-8(9)11(15,16)17/h2-5,7,18H,6H2,1H3. The quantitative estimate of drug-likeness (QED) is 0.800. The molecule has 0 aliphatic rings. The van der Waals surface area contributed by atoms with E-state index < -0.39 is 30.4 Å². The first kappa shape index (κ1) is 14.7. The SMILES string of the molecule is CC(CC(F)(F)F)Nc1ccccc1C(F)(F)F. The van der Waals surface area contributed by atoms with E-state index >= 15 is 0 Å². The van der Waals surface area contributed by atoms with Gasteiger partial charge >= 0.3 is 12.4 Å². The number of rotatable bonds is 3. The maximum Gasteiger partial charge on any atom is 0.418 e. The van der Waals surface area contributed by atoms with E-state index in [2.05, 4.69) is 5.32 Å². The van der Waals surface area contributed by atoms with E-state index in [0.717, 1.165) is 12.1 Å². The smallest absolute Gasteiger partial charge is 0.382 e. The van der Waals surface area contributed by atoms with Crippen LogP contribution in [-0.4, -0.2) is 12.2 Å². The second kappa shape index (κ2) is 5.07. The van der Waals surface area contributed by atoms with Gasteiger partial charge in [0, 0.05) is 11.7 Å². The lowest BCUT2D eigenvalue weighted by molar-refractivity contribution is -0.137. The van der Waals surface area contributed by atoms with Gasteiger partial charge in [0.25, 0.3) is 0 Å². The normalized spacial score (nSPS) is 14.4. The number of benzene rings is 1. The van der Waals surface area contributed by atoms with Crippen LogP contribution in [0.1, 0.15) is 18.9 Å². The van der Waals surface area contributed by atoms with Crippen molar-refractivity contribution in [2.75, 3.05) is 5.32 Å². The minimum Gasteiger partial charge on any atom is -0.382 e. The predicted octanol–water partition coefficient (Wildman–Crippen LogP) is 4.46. The van der Waals surface area contributed by atoms with Crippen molar-refractivity contribution in [3.63, 3.8) is 0 Å².